The molecule has 2 aromatic carbocycles. The average Bonchev–Trinajstić information content (AvgIpc) is 3.29. The van der Waals surface area contributed by atoms with E-state index >= 15 is 0 Å². The van der Waals surface area contributed by atoms with Crippen molar-refractivity contribution in [1.82, 2.24) is 4.72 Å². The number of hydrogen-bond acceptors (Lipinski definition) is 7. The van der Waals surface area contributed by atoms with Gasteiger partial charge in [0.1, 0.15) is 30.5 Å². The van der Waals surface area contributed by atoms with Crippen LogP contribution in [0.25, 0.3) is 0 Å². The number of methoxy groups -OCH3 is 1. The van der Waals surface area contributed by atoms with Crippen molar-refractivity contribution < 1.29 is 31.8 Å². The molecule has 0 amide bonds. The van der Waals surface area contributed by atoms with Gasteiger partial charge in [-0.25, -0.2) is 17.9 Å². The standard InChI is InChI=1S/C21H21NO7S/c1-26-17-6-8-18(9-7-17)28-13-14-29-21(23)16-4-10-20(11-5-16)30(24,25)22-15-19-3-2-12-27-19/h2-12,22H,13-15H2,1H3. The van der Waals surface area contributed by atoms with Crippen LogP contribution in [0.1, 0.15) is 16.1 Å². The SMILES string of the molecule is COc1ccc(OCCOC(=O)c2ccc(S(=O)(=O)NCc3ccco3)cc2)cc1. The Morgan fingerprint density at radius 3 is 2.30 bits per heavy atom. The molecule has 3 aromatic rings. The van der Waals surface area contributed by atoms with E-state index in [-0.39, 0.29) is 30.2 Å². The number of benzene rings is 2. The van der Waals surface area contributed by atoms with Gasteiger partial charge in [0.05, 0.1) is 30.4 Å². The average molecular weight is 431 g/mol. The van der Waals surface area contributed by atoms with Crippen LogP contribution in [0.4, 0.5) is 0 Å². The maximum Gasteiger partial charge on any atom is 0.338 e. The van der Waals surface area contributed by atoms with E-state index in [1.54, 1.807) is 43.5 Å². The largest absolute Gasteiger partial charge is 0.497 e. The zero-order chi connectivity index (χ0) is 21.4. The summed E-state index contributed by atoms with van der Waals surface area (Å²) in [6.45, 7) is 0.268. The molecule has 1 aromatic heterocycles. The zero-order valence-electron chi connectivity index (χ0n) is 16.2. The van der Waals surface area contributed by atoms with E-state index in [4.69, 9.17) is 18.6 Å². The summed E-state index contributed by atoms with van der Waals surface area (Å²) in [5, 5.41) is 0. The van der Waals surface area contributed by atoms with Crippen molar-refractivity contribution in [2.75, 3.05) is 20.3 Å². The van der Waals surface area contributed by atoms with Crippen molar-refractivity contribution in [3.8, 4) is 11.5 Å². The highest BCUT2D eigenvalue weighted by Crippen LogP contribution is 2.17. The Hall–Kier alpha value is -3.30. The number of esters is 1. The summed E-state index contributed by atoms with van der Waals surface area (Å²) in [7, 11) is -2.15. The molecule has 0 radical (unpaired) electrons. The number of hydrogen-bond donors (Lipinski definition) is 1. The van der Waals surface area contributed by atoms with E-state index in [1.807, 2.05) is 0 Å². The van der Waals surface area contributed by atoms with Gasteiger partial charge in [-0.15, -0.1) is 0 Å². The second-order valence-electron chi connectivity index (χ2n) is 6.09. The highest BCUT2D eigenvalue weighted by molar-refractivity contribution is 7.89. The fraction of sp³-hybridized carbons (Fsp3) is 0.190. The first-order valence-electron chi connectivity index (χ1n) is 9.04. The van der Waals surface area contributed by atoms with Crippen molar-refractivity contribution in [3.63, 3.8) is 0 Å². The monoisotopic (exact) mass is 431 g/mol. The van der Waals surface area contributed by atoms with E-state index in [1.165, 1.54) is 30.5 Å². The predicted octanol–water partition coefficient (Wildman–Crippen LogP) is 3.00. The van der Waals surface area contributed by atoms with Gasteiger partial charge < -0.3 is 18.6 Å². The van der Waals surface area contributed by atoms with Crippen molar-refractivity contribution in [3.05, 3.63) is 78.3 Å². The maximum atomic E-state index is 12.3. The van der Waals surface area contributed by atoms with E-state index in [0.29, 0.717) is 11.5 Å². The molecule has 158 valence electrons. The summed E-state index contributed by atoms with van der Waals surface area (Å²) in [4.78, 5) is 12.1. The smallest absolute Gasteiger partial charge is 0.338 e. The van der Waals surface area contributed by atoms with Gasteiger partial charge in [-0.3, -0.25) is 0 Å². The van der Waals surface area contributed by atoms with Gasteiger partial charge in [0.15, 0.2) is 0 Å². The Morgan fingerprint density at radius 1 is 0.967 bits per heavy atom. The molecule has 0 fully saturated rings. The minimum atomic E-state index is -3.73. The molecular formula is C21H21NO7S. The second kappa shape index (κ2) is 9.95. The normalized spacial score (nSPS) is 11.1. The Labute approximate surface area is 174 Å². The first-order chi connectivity index (χ1) is 14.5. The van der Waals surface area contributed by atoms with Crippen LogP contribution in [0, 0.1) is 0 Å². The lowest BCUT2D eigenvalue weighted by molar-refractivity contribution is 0.0450. The highest BCUT2D eigenvalue weighted by atomic mass is 32.2. The summed E-state index contributed by atoms with van der Waals surface area (Å²) < 4.78 is 47.8. The van der Waals surface area contributed by atoms with Gasteiger partial charge in [0.2, 0.25) is 10.0 Å². The highest BCUT2D eigenvalue weighted by Gasteiger charge is 2.16. The lowest BCUT2D eigenvalue weighted by Gasteiger charge is -2.09. The fourth-order valence-electron chi connectivity index (χ4n) is 2.48. The molecule has 0 bridgehead atoms. The van der Waals surface area contributed by atoms with E-state index in [9.17, 15) is 13.2 Å². The fourth-order valence-corrected chi connectivity index (χ4v) is 3.48. The summed E-state index contributed by atoms with van der Waals surface area (Å²) in [6.07, 6.45) is 1.46. The molecule has 1 heterocycles. The van der Waals surface area contributed by atoms with E-state index < -0.39 is 16.0 Å². The Kier molecular flexibility index (Phi) is 7.10. The molecule has 0 spiro atoms. The molecule has 0 aliphatic carbocycles. The van der Waals surface area contributed by atoms with Crippen LogP contribution in [0.15, 0.2) is 76.2 Å². The van der Waals surface area contributed by atoms with Gasteiger partial charge in [-0.1, -0.05) is 0 Å². The van der Waals surface area contributed by atoms with Crippen molar-refractivity contribution >= 4 is 16.0 Å². The minimum absolute atomic E-state index is 0.0350. The third-order valence-electron chi connectivity index (χ3n) is 4.06. The first-order valence-corrected chi connectivity index (χ1v) is 10.5. The molecule has 0 saturated carbocycles. The molecule has 30 heavy (non-hydrogen) atoms. The molecule has 0 atom stereocenters. The van der Waals surface area contributed by atoms with E-state index in [2.05, 4.69) is 4.72 Å². The number of furan rings is 1. The van der Waals surface area contributed by atoms with Gasteiger partial charge in [-0.05, 0) is 60.7 Å². The topological polar surface area (TPSA) is 104 Å². The molecule has 8 nitrogen and oxygen atoms in total. The predicted molar refractivity (Wildman–Crippen MR) is 108 cm³/mol. The lowest BCUT2D eigenvalue weighted by Crippen LogP contribution is -2.23. The first kappa shape index (κ1) is 21.4. The summed E-state index contributed by atoms with van der Waals surface area (Å²) in [5.74, 6) is 1.27. The number of carbonyl (C=O) groups excluding carboxylic acids is 1. The zero-order valence-corrected chi connectivity index (χ0v) is 17.1. The van der Waals surface area contributed by atoms with Crippen LogP contribution < -0.4 is 14.2 Å². The molecule has 0 unspecified atom stereocenters. The number of nitrogens with one attached hydrogen (secondary N) is 1. The number of carbonyl (C=O) groups is 1. The number of sulfonamides is 1. The number of ether oxygens (including phenoxy) is 3. The molecule has 0 aliphatic heterocycles. The van der Waals surface area contributed by atoms with Crippen molar-refractivity contribution in [2.24, 2.45) is 0 Å². The third-order valence-corrected chi connectivity index (χ3v) is 5.48. The lowest BCUT2D eigenvalue weighted by atomic mass is 10.2. The van der Waals surface area contributed by atoms with Gasteiger partial charge >= 0.3 is 5.97 Å². The Morgan fingerprint density at radius 2 is 1.67 bits per heavy atom. The van der Waals surface area contributed by atoms with Crippen LogP contribution in [0.2, 0.25) is 0 Å². The van der Waals surface area contributed by atoms with Crippen molar-refractivity contribution in [1.29, 1.82) is 0 Å². The maximum absolute atomic E-state index is 12.3. The summed E-state index contributed by atoms with van der Waals surface area (Å²) >= 11 is 0. The van der Waals surface area contributed by atoms with Crippen LogP contribution in [0.5, 0.6) is 11.5 Å². The van der Waals surface area contributed by atoms with Crippen molar-refractivity contribution in [2.45, 2.75) is 11.4 Å². The molecular weight excluding hydrogens is 410 g/mol. The molecule has 1 N–H and O–H groups in total. The van der Waals surface area contributed by atoms with Crippen LogP contribution in [-0.4, -0.2) is 34.7 Å². The molecule has 9 heteroatoms. The molecule has 0 aliphatic rings. The summed E-state index contributed by atoms with van der Waals surface area (Å²) in [6, 6.07) is 15.8. The van der Waals surface area contributed by atoms with Crippen LogP contribution in [0.3, 0.4) is 0 Å². The molecule has 0 saturated heterocycles. The van der Waals surface area contributed by atoms with Crippen LogP contribution in [-0.2, 0) is 21.3 Å². The van der Waals surface area contributed by atoms with Crippen LogP contribution >= 0.6 is 0 Å². The van der Waals surface area contributed by atoms with E-state index in [0.717, 1.165) is 5.75 Å². The van der Waals surface area contributed by atoms with Gasteiger partial charge in [0.25, 0.3) is 0 Å². The summed E-state index contributed by atoms with van der Waals surface area (Å²) in [5.41, 5.74) is 0.240. The van der Waals surface area contributed by atoms with Gasteiger partial charge in [0, 0.05) is 0 Å². The van der Waals surface area contributed by atoms with Gasteiger partial charge in [-0.2, -0.15) is 0 Å². The Balaban J connectivity index is 1.46. The third kappa shape index (κ3) is 5.85. The molecule has 3 rings (SSSR count). The quantitative estimate of drug-likeness (QED) is 0.389. The number of rotatable bonds is 10. The second-order valence-corrected chi connectivity index (χ2v) is 7.86. The minimum Gasteiger partial charge on any atom is -0.497 e. The Bertz CT molecular complexity index is 1040.